The number of ether oxygens (including phenoxy) is 2. The van der Waals surface area contributed by atoms with Gasteiger partial charge < -0.3 is 19.7 Å². The van der Waals surface area contributed by atoms with E-state index in [1.54, 1.807) is 7.11 Å². The summed E-state index contributed by atoms with van der Waals surface area (Å²) in [6.07, 6.45) is 2.32. The first-order chi connectivity index (χ1) is 8.26. The molecule has 6 heteroatoms. The third-order valence-corrected chi connectivity index (χ3v) is 3.78. The van der Waals surface area contributed by atoms with Gasteiger partial charge in [0.15, 0.2) is 0 Å². The van der Waals surface area contributed by atoms with Gasteiger partial charge in [0.05, 0.1) is 13.2 Å². The average Bonchev–Trinajstić information content (AvgIpc) is 2.96. The maximum Gasteiger partial charge on any atom is 0.248 e. The van der Waals surface area contributed by atoms with Crippen molar-refractivity contribution < 1.29 is 14.3 Å². The smallest absolute Gasteiger partial charge is 0.248 e. The lowest BCUT2D eigenvalue weighted by Crippen LogP contribution is -2.35. The Bertz CT molecular complexity index is 270. The fourth-order valence-electron chi connectivity index (χ4n) is 2.68. The first-order valence-corrected chi connectivity index (χ1v) is 6.31. The van der Waals surface area contributed by atoms with Crippen LogP contribution in [0.25, 0.3) is 0 Å². The van der Waals surface area contributed by atoms with Crippen molar-refractivity contribution >= 4 is 18.3 Å². The Kier molecular flexibility index (Phi) is 6.35. The van der Waals surface area contributed by atoms with Gasteiger partial charge in [-0.15, -0.1) is 12.4 Å². The number of rotatable bonds is 5. The molecule has 1 atom stereocenters. The summed E-state index contributed by atoms with van der Waals surface area (Å²) < 4.78 is 10.1. The zero-order chi connectivity index (χ0) is 12.1. The minimum absolute atomic E-state index is 0. The molecule has 0 radical (unpaired) electrons. The van der Waals surface area contributed by atoms with Gasteiger partial charge >= 0.3 is 0 Å². The van der Waals surface area contributed by atoms with Crippen molar-refractivity contribution in [2.24, 2.45) is 5.41 Å². The molecular formula is C12H23ClN2O3. The second-order valence-electron chi connectivity index (χ2n) is 5.04. The topological polar surface area (TPSA) is 50.8 Å². The molecule has 18 heavy (non-hydrogen) atoms. The number of amides is 1. The maximum atomic E-state index is 11.9. The van der Waals surface area contributed by atoms with E-state index in [2.05, 4.69) is 5.32 Å². The standard InChI is InChI=1S/C12H22N2O3.ClH/c1-16-6-7-17-8-11(15)14-5-3-12(10-14)2-4-13-9-12;/h13H,2-10H2,1H3;1H. The molecule has 5 nitrogen and oxygen atoms in total. The SMILES string of the molecule is COCCOCC(=O)N1CCC2(CCNC2)C1.Cl. The molecule has 0 aromatic carbocycles. The van der Waals surface area contributed by atoms with Gasteiger partial charge in [0, 0.05) is 32.2 Å². The number of carbonyl (C=O) groups is 1. The third kappa shape index (κ3) is 3.82. The first kappa shape index (κ1) is 15.7. The summed E-state index contributed by atoms with van der Waals surface area (Å²) >= 11 is 0. The van der Waals surface area contributed by atoms with E-state index in [0.717, 1.165) is 32.6 Å². The van der Waals surface area contributed by atoms with Crippen LogP contribution in [-0.2, 0) is 14.3 Å². The zero-order valence-electron chi connectivity index (χ0n) is 10.9. The molecule has 2 aliphatic heterocycles. The Hall–Kier alpha value is -0.360. The van der Waals surface area contributed by atoms with Crippen molar-refractivity contribution in [3.63, 3.8) is 0 Å². The van der Waals surface area contributed by atoms with Crippen LogP contribution in [0.5, 0.6) is 0 Å². The van der Waals surface area contributed by atoms with Crippen LogP contribution in [0.1, 0.15) is 12.8 Å². The Morgan fingerprint density at radius 3 is 2.89 bits per heavy atom. The van der Waals surface area contributed by atoms with Crippen molar-refractivity contribution in [3.05, 3.63) is 0 Å². The van der Waals surface area contributed by atoms with Crippen molar-refractivity contribution in [2.75, 3.05) is 53.1 Å². The third-order valence-electron chi connectivity index (χ3n) is 3.78. The van der Waals surface area contributed by atoms with E-state index in [1.807, 2.05) is 4.90 Å². The summed E-state index contributed by atoms with van der Waals surface area (Å²) in [5.74, 6) is 0.116. The van der Waals surface area contributed by atoms with Gasteiger partial charge in [0.1, 0.15) is 6.61 Å². The minimum Gasteiger partial charge on any atom is -0.382 e. The van der Waals surface area contributed by atoms with E-state index in [1.165, 1.54) is 6.42 Å². The molecular weight excluding hydrogens is 256 g/mol. The summed E-state index contributed by atoms with van der Waals surface area (Å²) in [4.78, 5) is 13.8. The lowest BCUT2D eigenvalue weighted by atomic mass is 9.87. The quantitative estimate of drug-likeness (QED) is 0.734. The Morgan fingerprint density at radius 1 is 1.39 bits per heavy atom. The van der Waals surface area contributed by atoms with Crippen molar-refractivity contribution in [2.45, 2.75) is 12.8 Å². The number of nitrogens with one attached hydrogen (secondary N) is 1. The molecule has 0 bridgehead atoms. The molecule has 2 saturated heterocycles. The number of hydrogen-bond donors (Lipinski definition) is 1. The van der Waals surface area contributed by atoms with Crippen LogP contribution in [0.15, 0.2) is 0 Å². The zero-order valence-corrected chi connectivity index (χ0v) is 11.8. The highest BCUT2D eigenvalue weighted by atomic mass is 35.5. The number of carbonyl (C=O) groups excluding carboxylic acids is 1. The Morgan fingerprint density at radius 2 is 2.22 bits per heavy atom. The second-order valence-corrected chi connectivity index (χ2v) is 5.04. The normalized spacial score (nSPS) is 26.6. The molecule has 0 aromatic heterocycles. The van der Waals surface area contributed by atoms with Crippen LogP contribution in [0, 0.1) is 5.41 Å². The summed E-state index contributed by atoms with van der Waals surface area (Å²) in [5, 5.41) is 3.39. The predicted molar refractivity (Wildman–Crippen MR) is 71.1 cm³/mol. The van der Waals surface area contributed by atoms with Crippen LogP contribution in [0.3, 0.4) is 0 Å². The molecule has 1 unspecified atom stereocenters. The number of halogens is 1. The van der Waals surface area contributed by atoms with Crippen molar-refractivity contribution in [1.82, 2.24) is 10.2 Å². The number of hydrogen-bond acceptors (Lipinski definition) is 4. The van der Waals surface area contributed by atoms with Gasteiger partial charge in [-0.1, -0.05) is 0 Å². The molecule has 106 valence electrons. The van der Waals surface area contributed by atoms with Gasteiger partial charge in [0.2, 0.25) is 5.91 Å². The lowest BCUT2D eigenvalue weighted by molar-refractivity contribution is -0.135. The number of nitrogens with zero attached hydrogens (tertiary/aromatic N) is 1. The molecule has 1 N–H and O–H groups in total. The van der Waals surface area contributed by atoms with E-state index in [9.17, 15) is 4.79 Å². The Balaban J connectivity index is 0.00000162. The monoisotopic (exact) mass is 278 g/mol. The molecule has 1 amide bonds. The number of likely N-dealkylation sites (tertiary alicyclic amines) is 1. The molecule has 2 fully saturated rings. The fraction of sp³-hybridized carbons (Fsp3) is 0.917. The highest BCUT2D eigenvalue weighted by Gasteiger charge is 2.41. The largest absolute Gasteiger partial charge is 0.382 e. The van der Waals surface area contributed by atoms with Crippen LogP contribution in [-0.4, -0.2) is 63.9 Å². The van der Waals surface area contributed by atoms with Gasteiger partial charge in [-0.05, 0) is 19.4 Å². The minimum atomic E-state index is 0. The molecule has 0 saturated carbocycles. The van der Waals surface area contributed by atoms with Crippen LogP contribution >= 0.6 is 12.4 Å². The highest BCUT2D eigenvalue weighted by molar-refractivity contribution is 5.85. The first-order valence-electron chi connectivity index (χ1n) is 6.31. The van der Waals surface area contributed by atoms with Crippen LogP contribution < -0.4 is 5.32 Å². The van der Waals surface area contributed by atoms with Crippen molar-refractivity contribution in [3.8, 4) is 0 Å². The average molecular weight is 279 g/mol. The predicted octanol–water partition coefficient (Wildman–Crippen LogP) is 0.283. The van der Waals surface area contributed by atoms with Crippen molar-refractivity contribution in [1.29, 1.82) is 0 Å². The number of methoxy groups -OCH3 is 1. The van der Waals surface area contributed by atoms with E-state index >= 15 is 0 Å². The summed E-state index contributed by atoms with van der Waals surface area (Å²) in [6.45, 7) is 5.14. The Labute approximate surface area is 115 Å². The summed E-state index contributed by atoms with van der Waals surface area (Å²) in [6, 6.07) is 0. The van der Waals surface area contributed by atoms with Gasteiger partial charge in [0.25, 0.3) is 0 Å². The van der Waals surface area contributed by atoms with E-state index in [-0.39, 0.29) is 24.9 Å². The summed E-state index contributed by atoms with van der Waals surface area (Å²) in [5.41, 5.74) is 0.349. The van der Waals surface area contributed by atoms with E-state index in [0.29, 0.717) is 18.6 Å². The van der Waals surface area contributed by atoms with Crippen LogP contribution in [0.4, 0.5) is 0 Å². The molecule has 0 aliphatic carbocycles. The van der Waals surface area contributed by atoms with Gasteiger partial charge in [-0.2, -0.15) is 0 Å². The summed E-state index contributed by atoms with van der Waals surface area (Å²) in [7, 11) is 1.63. The second kappa shape index (κ2) is 7.28. The maximum absolute atomic E-state index is 11.9. The molecule has 2 heterocycles. The molecule has 2 aliphatic rings. The van der Waals surface area contributed by atoms with Gasteiger partial charge in [-0.3, -0.25) is 4.79 Å². The van der Waals surface area contributed by atoms with Gasteiger partial charge in [-0.25, -0.2) is 0 Å². The van der Waals surface area contributed by atoms with Crippen LogP contribution in [0.2, 0.25) is 0 Å². The fourth-order valence-corrected chi connectivity index (χ4v) is 2.68. The van der Waals surface area contributed by atoms with E-state index in [4.69, 9.17) is 9.47 Å². The molecule has 2 rings (SSSR count). The molecule has 1 spiro atoms. The molecule has 0 aromatic rings. The lowest BCUT2D eigenvalue weighted by Gasteiger charge is -2.22. The highest BCUT2D eigenvalue weighted by Crippen LogP contribution is 2.35. The van der Waals surface area contributed by atoms with E-state index < -0.39 is 0 Å².